The van der Waals surface area contributed by atoms with Crippen molar-refractivity contribution in [1.29, 1.82) is 0 Å². The topological polar surface area (TPSA) is 37.6 Å². The van der Waals surface area contributed by atoms with Gasteiger partial charge in [0.2, 0.25) is 0 Å². The molecule has 0 aromatic carbocycles. The summed E-state index contributed by atoms with van der Waals surface area (Å²) in [5.74, 6) is 1.11. The summed E-state index contributed by atoms with van der Waals surface area (Å²) in [4.78, 5) is 2.41. The number of hydrogen-bond acceptors (Lipinski definition) is 4. The Morgan fingerprint density at radius 2 is 2.33 bits per heavy atom. The minimum Gasteiger partial charge on any atom is -0.468 e. The van der Waals surface area contributed by atoms with Crippen molar-refractivity contribution in [1.82, 2.24) is 10.2 Å². The van der Waals surface area contributed by atoms with Gasteiger partial charge in [0.15, 0.2) is 0 Å². The van der Waals surface area contributed by atoms with Gasteiger partial charge >= 0.3 is 0 Å². The van der Waals surface area contributed by atoms with Gasteiger partial charge in [-0.05, 0) is 25.8 Å². The molecule has 0 spiro atoms. The normalized spacial score (nSPS) is 25.5. The summed E-state index contributed by atoms with van der Waals surface area (Å²) >= 11 is 0. The highest BCUT2D eigenvalue weighted by Gasteiger charge is 2.22. The molecule has 0 amide bonds. The molecule has 4 nitrogen and oxygen atoms in total. The average molecular weight is 250 g/mol. The molecule has 1 atom stereocenters. The Kier molecular flexibility index (Phi) is 3.68. The van der Waals surface area contributed by atoms with Crippen molar-refractivity contribution in [3.8, 4) is 0 Å². The Hall–Kier alpha value is -0.840. The second-order valence-corrected chi connectivity index (χ2v) is 5.44. The van der Waals surface area contributed by atoms with Gasteiger partial charge in [0.25, 0.3) is 0 Å². The van der Waals surface area contributed by atoms with E-state index in [0.29, 0.717) is 6.10 Å². The lowest BCUT2D eigenvalue weighted by atomic mass is 10.2. The van der Waals surface area contributed by atoms with Gasteiger partial charge in [-0.15, -0.1) is 0 Å². The number of nitrogens with one attached hydrogen (secondary N) is 1. The second kappa shape index (κ2) is 5.43. The highest BCUT2D eigenvalue weighted by molar-refractivity contribution is 5.17. The highest BCUT2D eigenvalue weighted by atomic mass is 16.5. The second-order valence-electron chi connectivity index (χ2n) is 5.44. The quantitative estimate of drug-likeness (QED) is 0.864. The summed E-state index contributed by atoms with van der Waals surface area (Å²) < 4.78 is 11.2. The summed E-state index contributed by atoms with van der Waals surface area (Å²) in [6.07, 6.45) is 4.80. The first-order chi connectivity index (χ1) is 8.81. The van der Waals surface area contributed by atoms with Crippen LogP contribution in [-0.4, -0.2) is 36.7 Å². The van der Waals surface area contributed by atoms with Crippen LogP contribution in [0.3, 0.4) is 0 Å². The minimum atomic E-state index is 0.335. The van der Waals surface area contributed by atoms with Crippen LogP contribution in [0, 0.1) is 0 Å². The molecule has 3 rings (SSSR count). The Balaban J connectivity index is 1.55. The van der Waals surface area contributed by atoms with Crippen molar-refractivity contribution in [2.75, 3.05) is 19.7 Å². The molecule has 1 aliphatic heterocycles. The molecule has 1 N–H and O–H groups in total. The maximum Gasteiger partial charge on any atom is 0.122 e. The SMILES string of the molecule is CC1CN(Cc2occc2CNC2CC2)CCO1. The largest absolute Gasteiger partial charge is 0.468 e. The molecule has 1 aromatic heterocycles. The molecule has 2 fully saturated rings. The predicted octanol–water partition coefficient (Wildman–Crippen LogP) is 1.75. The van der Waals surface area contributed by atoms with Crippen LogP contribution in [0.25, 0.3) is 0 Å². The summed E-state index contributed by atoms with van der Waals surface area (Å²) in [5, 5.41) is 3.54. The van der Waals surface area contributed by atoms with Crippen LogP contribution in [0.4, 0.5) is 0 Å². The fourth-order valence-corrected chi connectivity index (χ4v) is 2.44. The standard InChI is InChI=1S/C14H22N2O2/c1-11-9-16(5-7-17-11)10-14-12(4-6-18-14)8-15-13-2-3-13/h4,6,11,13,15H,2-3,5,7-10H2,1H3. The molecule has 0 bridgehead atoms. The number of morpholine rings is 1. The maximum absolute atomic E-state index is 5.63. The van der Waals surface area contributed by atoms with Gasteiger partial charge in [0.05, 0.1) is 25.5 Å². The van der Waals surface area contributed by atoms with Crippen LogP contribution in [-0.2, 0) is 17.8 Å². The third-order valence-corrected chi connectivity index (χ3v) is 3.69. The summed E-state index contributed by atoms with van der Waals surface area (Å²) in [5.41, 5.74) is 1.31. The van der Waals surface area contributed by atoms with Crippen LogP contribution in [0.15, 0.2) is 16.7 Å². The van der Waals surface area contributed by atoms with Crippen LogP contribution in [0.2, 0.25) is 0 Å². The molecular weight excluding hydrogens is 228 g/mol. The van der Waals surface area contributed by atoms with E-state index in [9.17, 15) is 0 Å². The Labute approximate surface area is 108 Å². The first kappa shape index (κ1) is 12.2. The van der Waals surface area contributed by atoms with Crippen LogP contribution >= 0.6 is 0 Å². The molecule has 1 saturated heterocycles. The van der Waals surface area contributed by atoms with E-state index < -0.39 is 0 Å². The molecule has 100 valence electrons. The number of ether oxygens (including phenoxy) is 1. The third kappa shape index (κ3) is 3.13. The van der Waals surface area contributed by atoms with E-state index in [1.165, 1.54) is 18.4 Å². The van der Waals surface area contributed by atoms with Gasteiger partial charge in [0.1, 0.15) is 5.76 Å². The van der Waals surface area contributed by atoms with E-state index in [1.807, 2.05) is 6.26 Å². The third-order valence-electron chi connectivity index (χ3n) is 3.69. The van der Waals surface area contributed by atoms with E-state index in [4.69, 9.17) is 9.15 Å². The summed E-state index contributed by atoms with van der Waals surface area (Å²) in [6.45, 7) is 6.80. The monoisotopic (exact) mass is 250 g/mol. The number of rotatable bonds is 5. The molecule has 2 heterocycles. The van der Waals surface area contributed by atoms with Crippen molar-refractivity contribution in [2.24, 2.45) is 0 Å². The predicted molar refractivity (Wildman–Crippen MR) is 69.3 cm³/mol. The number of nitrogens with zero attached hydrogens (tertiary/aromatic N) is 1. The van der Waals surface area contributed by atoms with Crippen molar-refractivity contribution >= 4 is 0 Å². The Bertz CT molecular complexity index is 387. The molecule has 1 aromatic rings. The fourth-order valence-electron chi connectivity index (χ4n) is 2.44. The first-order valence-corrected chi connectivity index (χ1v) is 6.94. The molecule has 2 aliphatic rings. The van der Waals surface area contributed by atoms with E-state index in [-0.39, 0.29) is 0 Å². The Morgan fingerprint density at radius 1 is 1.44 bits per heavy atom. The molecule has 0 radical (unpaired) electrons. The fraction of sp³-hybridized carbons (Fsp3) is 0.714. The minimum absolute atomic E-state index is 0.335. The lowest BCUT2D eigenvalue weighted by Gasteiger charge is -2.30. The zero-order chi connectivity index (χ0) is 12.4. The van der Waals surface area contributed by atoms with Crippen molar-refractivity contribution in [3.05, 3.63) is 23.7 Å². The summed E-state index contributed by atoms with van der Waals surface area (Å²) in [6, 6.07) is 2.84. The molecule has 18 heavy (non-hydrogen) atoms. The molecule has 1 aliphatic carbocycles. The number of furan rings is 1. The average Bonchev–Trinajstić information content (AvgIpc) is 3.08. The van der Waals surface area contributed by atoms with Gasteiger partial charge in [-0.2, -0.15) is 0 Å². The number of hydrogen-bond donors (Lipinski definition) is 1. The van der Waals surface area contributed by atoms with Crippen molar-refractivity contribution in [2.45, 2.75) is 45.0 Å². The van der Waals surface area contributed by atoms with Gasteiger partial charge in [-0.1, -0.05) is 0 Å². The van der Waals surface area contributed by atoms with Gasteiger partial charge in [-0.3, -0.25) is 4.90 Å². The molecular formula is C14H22N2O2. The molecule has 1 saturated carbocycles. The molecule has 1 unspecified atom stereocenters. The van der Waals surface area contributed by atoms with Crippen molar-refractivity contribution < 1.29 is 9.15 Å². The first-order valence-electron chi connectivity index (χ1n) is 6.94. The van der Waals surface area contributed by atoms with Gasteiger partial charge in [0, 0.05) is 31.2 Å². The van der Waals surface area contributed by atoms with Gasteiger partial charge < -0.3 is 14.5 Å². The maximum atomic E-state index is 5.63. The van der Waals surface area contributed by atoms with Crippen LogP contribution in [0.1, 0.15) is 31.1 Å². The van der Waals surface area contributed by atoms with Crippen molar-refractivity contribution in [3.63, 3.8) is 0 Å². The van der Waals surface area contributed by atoms with E-state index in [0.717, 1.165) is 44.6 Å². The van der Waals surface area contributed by atoms with E-state index in [1.54, 1.807) is 0 Å². The summed E-state index contributed by atoms with van der Waals surface area (Å²) in [7, 11) is 0. The lowest BCUT2D eigenvalue weighted by molar-refractivity contribution is -0.0232. The van der Waals surface area contributed by atoms with Crippen LogP contribution < -0.4 is 5.32 Å². The smallest absolute Gasteiger partial charge is 0.122 e. The van der Waals surface area contributed by atoms with E-state index >= 15 is 0 Å². The lowest BCUT2D eigenvalue weighted by Crippen LogP contribution is -2.40. The van der Waals surface area contributed by atoms with E-state index in [2.05, 4.69) is 23.2 Å². The Morgan fingerprint density at radius 3 is 3.11 bits per heavy atom. The van der Waals surface area contributed by atoms with Crippen LogP contribution in [0.5, 0.6) is 0 Å². The molecule has 4 heteroatoms. The van der Waals surface area contributed by atoms with Gasteiger partial charge in [-0.25, -0.2) is 0 Å². The zero-order valence-electron chi connectivity index (χ0n) is 11.0. The zero-order valence-corrected chi connectivity index (χ0v) is 11.0. The highest BCUT2D eigenvalue weighted by Crippen LogP contribution is 2.21.